The molecule has 37 heavy (non-hydrogen) atoms. The molecule has 2 aromatic carbocycles. The number of methoxy groups -OCH3 is 1. The summed E-state index contributed by atoms with van der Waals surface area (Å²) in [4.78, 5) is 32.4. The molecule has 1 atom stereocenters. The van der Waals surface area contributed by atoms with E-state index in [1.807, 2.05) is 44.4 Å². The van der Waals surface area contributed by atoms with Crippen LogP contribution >= 0.6 is 27.7 Å². The molecule has 9 nitrogen and oxygen atoms in total. The van der Waals surface area contributed by atoms with Crippen LogP contribution in [0.25, 0.3) is 11.3 Å². The number of carbonyl (C=O) groups is 2. The van der Waals surface area contributed by atoms with E-state index in [4.69, 9.17) is 14.2 Å². The normalized spacial score (nSPS) is 14.2. The number of carbonyl (C=O) groups excluding carboxylic acids is 2. The van der Waals surface area contributed by atoms with E-state index in [2.05, 4.69) is 31.1 Å². The first kappa shape index (κ1) is 26.9. The Morgan fingerprint density at radius 1 is 1.14 bits per heavy atom. The zero-order chi connectivity index (χ0) is 26.5. The Bertz CT molecular complexity index is 1320. The first-order valence-corrected chi connectivity index (χ1v) is 13.9. The molecule has 0 saturated heterocycles. The van der Waals surface area contributed by atoms with E-state index in [0.717, 1.165) is 0 Å². The maximum atomic E-state index is 13.7. The Balaban J connectivity index is 2.00. The number of thioether (sulfide) groups is 1. The number of esters is 1. The Morgan fingerprint density at radius 2 is 1.89 bits per heavy atom. The van der Waals surface area contributed by atoms with Crippen molar-refractivity contribution < 1.29 is 23.8 Å². The van der Waals surface area contributed by atoms with Crippen LogP contribution in [0.15, 0.2) is 46.0 Å². The third-order valence-electron chi connectivity index (χ3n) is 5.64. The molecule has 194 valence electrons. The van der Waals surface area contributed by atoms with E-state index in [1.54, 1.807) is 17.0 Å². The van der Waals surface area contributed by atoms with Crippen LogP contribution in [0, 0.1) is 0 Å². The fourth-order valence-electron chi connectivity index (χ4n) is 3.97. The molecule has 0 aliphatic carbocycles. The molecule has 3 aromatic rings. The summed E-state index contributed by atoms with van der Waals surface area (Å²) in [6.07, 6.45) is 2.57. The summed E-state index contributed by atoms with van der Waals surface area (Å²) in [5.74, 6) is 0.381. The highest BCUT2D eigenvalue weighted by molar-refractivity contribution is 9.10. The van der Waals surface area contributed by atoms with Gasteiger partial charge < -0.3 is 14.2 Å². The van der Waals surface area contributed by atoms with E-state index < -0.39 is 12.2 Å². The van der Waals surface area contributed by atoms with Crippen LogP contribution < -0.4 is 19.1 Å². The Labute approximate surface area is 228 Å². The van der Waals surface area contributed by atoms with Crippen molar-refractivity contribution in [3.8, 4) is 28.6 Å². The van der Waals surface area contributed by atoms with Crippen LogP contribution in [0.5, 0.6) is 17.4 Å². The zero-order valence-electron chi connectivity index (χ0n) is 21.0. The molecule has 0 bridgehead atoms. The van der Waals surface area contributed by atoms with Gasteiger partial charge in [0.15, 0.2) is 11.4 Å². The minimum Gasteiger partial charge on any atom is -0.497 e. The highest BCUT2D eigenvalue weighted by atomic mass is 79.9. The molecule has 0 unspecified atom stereocenters. The summed E-state index contributed by atoms with van der Waals surface area (Å²) in [7, 11) is 1.54. The lowest BCUT2D eigenvalue weighted by molar-refractivity contribution is -0.134. The van der Waals surface area contributed by atoms with Gasteiger partial charge in [0.2, 0.25) is 23.2 Å². The molecule has 1 aliphatic rings. The number of nitrogens with zero attached hydrogens (tertiary/aromatic N) is 4. The van der Waals surface area contributed by atoms with E-state index in [0.29, 0.717) is 50.7 Å². The van der Waals surface area contributed by atoms with Gasteiger partial charge in [-0.3, -0.25) is 14.5 Å². The fraction of sp³-hybridized carbons (Fsp3) is 0.346. The van der Waals surface area contributed by atoms with Crippen molar-refractivity contribution in [2.24, 2.45) is 0 Å². The molecule has 4 rings (SSSR count). The second-order valence-corrected chi connectivity index (χ2v) is 9.83. The molecule has 11 heteroatoms. The van der Waals surface area contributed by atoms with Gasteiger partial charge in [-0.1, -0.05) is 43.8 Å². The molecule has 1 amide bonds. The van der Waals surface area contributed by atoms with Gasteiger partial charge in [0.25, 0.3) is 0 Å². The molecule has 0 N–H and O–H groups in total. The number of benzene rings is 2. The third kappa shape index (κ3) is 5.57. The van der Waals surface area contributed by atoms with E-state index in [1.165, 1.54) is 18.9 Å². The quantitative estimate of drug-likeness (QED) is 0.179. The highest BCUT2D eigenvalue weighted by Gasteiger charge is 2.38. The standard InChI is InChI=1S/C26H27BrN4O5S/c1-5-9-20(32)31-19-12-8-7-11-16(19)22-24(28-26(37-4)30-29-22)36-25(31)17-13-15(34-3)14-18(27)23(17)35-21(33)10-6-2/h7-8,11-14,25H,5-6,9-10H2,1-4H3/t25-/m1/s1. The molecule has 1 aliphatic heterocycles. The third-order valence-corrected chi connectivity index (χ3v) is 6.77. The minimum atomic E-state index is -1.04. The van der Waals surface area contributed by atoms with Gasteiger partial charge in [-0.15, -0.1) is 10.2 Å². The van der Waals surface area contributed by atoms with Crippen LogP contribution in [0.2, 0.25) is 0 Å². The number of hydrogen-bond donors (Lipinski definition) is 0. The Morgan fingerprint density at radius 3 is 2.59 bits per heavy atom. The monoisotopic (exact) mass is 586 g/mol. The number of hydrogen-bond acceptors (Lipinski definition) is 9. The molecular weight excluding hydrogens is 560 g/mol. The van der Waals surface area contributed by atoms with Gasteiger partial charge in [-0.05, 0) is 53.2 Å². The van der Waals surface area contributed by atoms with Crippen LogP contribution in [0.1, 0.15) is 51.3 Å². The maximum Gasteiger partial charge on any atom is 0.311 e. The molecule has 0 radical (unpaired) electrons. The Kier molecular flexibility index (Phi) is 8.65. The lowest BCUT2D eigenvalue weighted by Crippen LogP contribution is -2.38. The first-order valence-electron chi connectivity index (χ1n) is 11.9. The highest BCUT2D eigenvalue weighted by Crippen LogP contribution is 2.47. The smallest absolute Gasteiger partial charge is 0.311 e. The van der Waals surface area contributed by atoms with Gasteiger partial charge in [-0.2, -0.15) is 4.98 Å². The van der Waals surface area contributed by atoms with Gasteiger partial charge in [0.1, 0.15) is 5.75 Å². The summed E-state index contributed by atoms with van der Waals surface area (Å²) in [6, 6.07) is 10.8. The Hall–Kier alpha value is -3.18. The van der Waals surface area contributed by atoms with Gasteiger partial charge in [-0.25, -0.2) is 0 Å². The fourth-order valence-corrected chi connectivity index (χ4v) is 4.81. The van der Waals surface area contributed by atoms with Crippen molar-refractivity contribution in [1.29, 1.82) is 0 Å². The van der Waals surface area contributed by atoms with Gasteiger partial charge in [0, 0.05) is 18.4 Å². The van der Waals surface area contributed by atoms with Crippen molar-refractivity contribution in [1.82, 2.24) is 15.2 Å². The van der Waals surface area contributed by atoms with E-state index in [-0.39, 0.29) is 30.4 Å². The van der Waals surface area contributed by atoms with Crippen LogP contribution in [0.4, 0.5) is 5.69 Å². The summed E-state index contributed by atoms with van der Waals surface area (Å²) in [6.45, 7) is 3.83. The predicted molar refractivity (Wildman–Crippen MR) is 144 cm³/mol. The maximum absolute atomic E-state index is 13.7. The van der Waals surface area contributed by atoms with Crippen LogP contribution in [0.3, 0.4) is 0 Å². The average Bonchev–Trinajstić information content (AvgIpc) is 3.04. The number of halogens is 1. The van der Waals surface area contributed by atoms with Crippen LogP contribution in [-0.2, 0) is 9.59 Å². The lowest BCUT2D eigenvalue weighted by atomic mass is 10.1. The topological polar surface area (TPSA) is 104 Å². The SMILES string of the molecule is CCCC(=O)Oc1c(Br)cc(OC)cc1[C@H]1Oc2nc(SC)nnc2-c2ccccc2N1C(=O)CCC. The molecule has 1 aromatic heterocycles. The molecule has 0 spiro atoms. The summed E-state index contributed by atoms with van der Waals surface area (Å²) in [5, 5.41) is 9.01. The largest absolute Gasteiger partial charge is 0.497 e. The van der Waals surface area contributed by atoms with Crippen LogP contribution in [-0.4, -0.2) is 40.4 Å². The van der Waals surface area contributed by atoms with Gasteiger partial charge in [0.05, 0.1) is 22.8 Å². The van der Waals surface area contributed by atoms with Crippen molar-refractivity contribution >= 4 is 45.3 Å². The molecule has 2 heterocycles. The number of ether oxygens (including phenoxy) is 3. The molecule has 0 fully saturated rings. The summed E-state index contributed by atoms with van der Waals surface area (Å²) < 4.78 is 18.3. The number of amides is 1. The van der Waals surface area contributed by atoms with E-state index in [9.17, 15) is 9.59 Å². The zero-order valence-corrected chi connectivity index (χ0v) is 23.4. The number of anilines is 1. The van der Waals surface area contributed by atoms with Crippen molar-refractivity contribution in [2.75, 3.05) is 18.3 Å². The number of rotatable bonds is 8. The number of fused-ring (bicyclic) bond motifs is 3. The lowest BCUT2D eigenvalue weighted by Gasteiger charge is -2.32. The minimum absolute atomic E-state index is 0.171. The van der Waals surface area contributed by atoms with Gasteiger partial charge >= 0.3 is 5.97 Å². The summed E-state index contributed by atoms with van der Waals surface area (Å²) >= 11 is 4.85. The summed E-state index contributed by atoms with van der Waals surface area (Å²) in [5.41, 5.74) is 2.08. The second-order valence-electron chi connectivity index (χ2n) is 8.21. The number of aromatic nitrogens is 3. The van der Waals surface area contributed by atoms with Crippen molar-refractivity contribution in [3.05, 3.63) is 46.4 Å². The average molecular weight is 587 g/mol. The van der Waals surface area contributed by atoms with E-state index >= 15 is 0 Å². The molecule has 0 saturated carbocycles. The predicted octanol–water partition coefficient (Wildman–Crippen LogP) is 5.96. The first-order chi connectivity index (χ1) is 17.9. The van der Waals surface area contributed by atoms with Crippen molar-refractivity contribution in [3.63, 3.8) is 0 Å². The molecular formula is C26H27BrN4O5S. The van der Waals surface area contributed by atoms with Crippen molar-refractivity contribution in [2.45, 2.75) is 50.9 Å². The second kappa shape index (κ2) is 11.9. The number of para-hydroxylation sites is 1.